The highest BCUT2D eigenvalue weighted by atomic mass is 16.5. The molecule has 1 aromatic carbocycles. The Bertz CT molecular complexity index is 606. The summed E-state index contributed by atoms with van der Waals surface area (Å²) in [7, 11) is 0. The Morgan fingerprint density at radius 1 is 1.00 bits per heavy atom. The SMILES string of the molecule is CC(C)(C)COCCC(=O)N1CCN(c2ccc(CNC(C)(C)C)cc2)CC1. The molecule has 0 bridgehead atoms. The first-order chi connectivity index (χ1) is 13.0. The zero-order valence-corrected chi connectivity index (χ0v) is 18.7. The molecule has 5 nitrogen and oxygen atoms in total. The van der Waals surface area contributed by atoms with Crippen molar-refractivity contribution < 1.29 is 9.53 Å². The molecule has 158 valence electrons. The molecular weight excluding hydrogens is 350 g/mol. The van der Waals surface area contributed by atoms with Gasteiger partial charge in [-0.05, 0) is 43.9 Å². The molecule has 0 aliphatic carbocycles. The largest absolute Gasteiger partial charge is 0.380 e. The number of hydrogen-bond acceptors (Lipinski definition) is 4. The lowest BCUT2D eigenvalue weighted by molar-refractivity contribution is -0.132. The van der Waals surface area contributed by atoms with E-state index in [-0.39, 0.29) is 16.9 Å². The first-order valence-corrected chi connectivity index (χ1v) is 10.5. The molecule has 0 atom stereocenters. The van der Waals surface area contributed by atoms with Crippen molar-refractivity contribution in [2.45, 2.75) is 60.0 Å². The van der Waals surface area contributed by atoms with Crippen LogP contribution in [0.25, 0.3) is 0 Å². The average Bonchev–Trinajstić information content (AvgIpc) is 2.63. The molecule has 0 radical (unpaired) electrons. The highest BCUT2D eigenvalue weighted by Crippen LogP contribution is 2.18. The monoisotopic (exact) mass is 389 g/mol. The van der Waals surface area contributed by atoms with Crippen LogP contribution in [0.2, 0.25) is 0 Å². The zero-order chi connectivity index (χ0) is 20.8. The van der Waals surface area contributed by atoms with Crippen LogP contribution in [0.3, 0.4) is 0 Å². The van der Waals surface area contributed by atoms with Crippen molar-refractivity contribution in [2.75, 3.05) is 44.3 Å². The first kappa shape index (κ1) is 22.7. The topological polar surface area (TPSA) is 44.8 Å². The summed E-state index contributed by atoms with van der Waals surface area (Å²) >= 11 is 0. The number of carbonyl (C=O) groups excluding carboxylic acids is 1. The predicted octanol–water partition coefficient (Wildman–Crippen LogP) is 3.68. The molecule has 0 unspecified atom stereocenters. The lowest BCUT2D eigenvalue weighted by Gasteiger charge is -2.36. The Hall–Kier alpha value is -1.59. The number of benzene rings is 1. The number of piperazine rings is 1. The van der Waals surface area contributed by atoms with Crippen LogP contribution < -0.4 is 10.2 Å². The third kappa shape index (κ3) is 8.19. The van der Waals surface area contributed by atoms with Gasteiger partial charge in [0.05, 0.1) is 19.6 Å². The normalized spacial score (nSPS) is 15.8. The van der Waals surface area contributed by atoms with E-state index >= 15 is 0 Å². The van der Waals surface area contributed by atoms with Crippen molar-refractivity contribution in [3.05, 3.63) is 29.8 Å². The second kappa shape index (κ2) is 9.75. The zero-order valence-electron chi connectivity index (χ0n) is 18.7. The van der Waals surface area contributed by atoms with E-state index in [4.69, 9.17) is 4.74 Å². The van der Waals surface area contributed by atoms with Crippen molar-refractivity contribution in [1.29, 1.82) is 0 Å². The van der Waals surface area contributed by atoms with E-state index in [1.807, 2.05) is 4.90 Å². The molecule has 1 N–H and O–H groups in total. The van der Waals surface area contributed by atoms with Gasteiger partial charge in [-0.1, -0.05) is 32.9 Å². The quantitative estimate of drug-likeness (QED) is 0.723. The summed E-state index contributed by atoms with van der Waals surface area (Å²) in [6.45, 7) is 18.4. The summed E-state index contributed by atoms with van der Waals surface area (Å²) in [6.07, 6.45) is 0.478. The van der Waals surface area contributed by atoms with Crippen LogP contribution in [0, 0.1) is 5.41 Å². The second-order valence-corrected chi connectivity index (χ2v) is 10.0. The average molecular weight is 390 g/mol. The molecule has 1 heterocycles. The molecular formula is C23H39N3O2. The third-order valence-electron chi connectivity index (χ3n) is 4.75. The fraction of sp³-hybridized carbons (Fsp3) is 0.696. The van der Waals surface area contributed by atoms with Gasteiger partial charge in [-0.2, -0.15) is 0 Å². The van der Waals surface area contributed by atoms with Crippen molar-refractivity contribution in [1.82, 2.24) is 10.2 Å². The van der Waals surface area contributed by atoms with E-state index in [9.17, 15) is 4.79 Å². The molecule has 1 fully saturated rings. The van der Waals surface area contributed by atoms with Gasteiger partial charge in [-0.25, -0.2) is 0 Å². The third-order valence-corrected chi connectivity index (χ3v) is 4.75. The van der Waals surface area contributed by atoms with E-state index in [0.29, 0.717) is 19.6 Å². The highest BCUT2D eigenvalue weighted by molar-refractivity contribution is 5.76. The maximum absolute atomic E-state index is 12.4. The van der Waals surface area contributed by atoms with Gasteiger partial charge in [0.2, 0.25) is 5.91 Å². The van der Waals surface area contributed by atoms with Crippen molar-refractivity contribution in [3.8, 4) is 0 Å². The highest BCUT2D eigenvalue weighted by Gasteiger charge is 2.21. The lowest BCUT2D eigenvalue weighted by atomic mass is 9.99. The molecule has 1 aromatic rings. The summed E-state index contributed by atoms with van der Waals surface area (Å²) in [5, 5.41) is 3.52. The Morgan fingerprint density at radius 2 is 1.61 bits per heavy atom. The number of anilines is 1. The van der Waals surface area contributed by atoms with Gasteiger partial charge in [0.25, 0.3) is 0 Å². The molecule has 1 saturated heterocycles. The van der Waals surface area contributed by atoms with Crippen molar-refractivity contribution in [3.63, 3.8) is 0 Å². The van der Waals surface area contributed by atoms with Crippen LogP contribution >= 0.6 is 0 Å². The first-order valence-electron chi connectivity index (χ1n) is 10.5. The number of amides is 1. The minimum atomic E-state index is 0.124. The van der Waals surface area contributed by atoms with Gasteiger partial charge in [-0.3, -0.25) is 4.79 Å². The molecule has 1 aliphatic heterocycles. The number of ether oxygens (including phenoxy) is 1. The fourth-order valence-electron chi connectivity index (χ4n) is 3.10. The molecule has 1 aliphatic rings. The van der Waals surface area contributed by atoms with Crippen LogP contribution in [-0.2, 0) is 16.1 Å². The Labute approximate surface area is 171 Å². The predicted molar refractivity (Wildman–Crippen MR) is 117 cm³/mol. The van der Waals surface area contributed by atoms with E-state index < -0.39 is 0 Å². The van der Waals surface area contributed by atoms with E-state index in [1.165, 1.54) is 11.3 Å². The summed E-state index contributed by atoms with van der Waals surface area (Å²) in [5.41, 5.74) is 2.80. The van der Waals surface area contributed by atoms with E-state index in [1.54, 1.807) is 0 Å². The minimum Gasteiger partial charge on any atom is -0.380 e. The number of carbonyl (C=O) groups is 1. The number of nitrogens with one attached hydrogen (secondary N) is 1. The molecule has 1 amide bonds. The molecule has 0 spiro atoms. The maximum Gasteiger partial charge on any atom is 0.225 e. The standard InChI is InChI=1S/C23H39N3O2/c1-22(2,3)18-28-16-11-21(27)26-14-12-25(13-15-26)20-9-7-19(8-10-20)17-24-23(4,5)6/h7-10,24H,11-18H2,1-6H3. The van der Waals surface area contributed by atoms with Gasteiger partial charge in [0, 0.05) is 44.0 Å². The Morgan fingerprint density at radius 3 is 2.14 bits per heavy atom. The number of nitrogens with zero attached hydrogens (tertiary/aromatic N) is 2. The van der Waals surface area contributed by atoms with Crippen LogP contribution in [0.4, 0.5) is 5.69 Å². The Kier molecular flexibility index (Phi) is 7.90. The minimum absolute atomic E-state index is 0.124. The van der Waals surface area contributed by atoms with Crippen LogP contribution in [0.1, 0.15) is 53.5 Å². The summed E-state index contributed by atoms with van der Waals surface area (Å²) in [6, 6.07) is 8.77. The van der Waals surface area contributed by atoms with Gasteiger partial charge in [0.1, 0.15) is 0 Å². The van der Waals surface area contributed by atoms with E-state index in [2.05, 4.69) is 76.0 Å². The number of hydrogen-bond donors (Lipinski definition) is 1. The summed E-state index contributed by atoms with van der Waals surface area (Å²) in [5.74, 6) is 0.206. The lowest BCUT2D eigenvalue weighted by Crippen LogP contribution is -2.49. The Balaban J connectivity index is 1.73. The van der Waals surface area contributed by atoms with Crippen LogP contribution in [0.5, 0.6) is 0 Å². The second-order valence-electron chi connectivity index (χ2n) is 10.0. The smallest absolute Gasteiger partial charge is 0.225 e. The molecule has 2 rings (SSSR count). The summed E-state index contributed by atoms with van der Waals surface area (Å²) < 4.78 is 5.64. The fourth-order valence-corrected chi connectivity index (χ4v) is 3.10. The van der Waals surface area contributed by atoms with Crippen LogP contribution in [0.15, 0.2) is 24.3 Å². The number of rotatable bonds is 7. The molecule has 0 aromatic heterocycles. The van der Waals surface area contributed by atoms with Crippen LogP contribution in [-0.4, -0.2) is 55.7 Å². The molecule has 5 heteroatoms. The van der Waals surface area contributed by atoms with Gasteiger partial charge >= 0.3 is 0 Å². The van der Waals surface area contributed by atoms with Gasteiger partial charge < -0.3 is 19.9 Å². The van der Waals surface area contributed by atoms with Crippen molar-refractivity contribution in [2.24, 2.45) is 5.41 Å². The van der Waals surface area contributed by atoms with E-state index in [0.717, 1.165) is 32.7 Å². The maximum atomic E-state index is 12.4. The van der Waals surface area contributed by atoms with Gasteiger partial charge in [0.15, 0.2) is 0 Å². The molecule has 28 heavy (non-hydrogen) atoms. The van der Waals surface area contributed by atoms with Crippen molar-refractivity contribution >= 4 is 11.6 Å². The molecule has 0 saturated carbocycles. The summed E-state index contributed by atoms with van der Waals surface area (Å²) in [4.78, 5) is 16.7. The van der Waals surface area contributed by atoms with Gasteiger partial charge in [-0.15, -0.1) is 0 Å².